The van der Waals surface area contributed by atoms with Gasteiger partial charge < -0.3 is 5.73 Å². The van der Waals surface area contributed by atoms with Gasteiger partial charge in [0.2, 0.25) is 0 Å². The lowest BCUT2D eigenvalue weighted by atomic mass is 10.2. The zero-order chi connectivity index (χ0) is 8.97. The molecule has 0 fully saturated rings. The number of nitrogens with two attached hydrogens (primary N) is 1. The van der Waals surface area contributed by atoms with Crippen molar-refractivity contribution < 1.29 is 4.39 Å². The number of aromatic nitrogens is 2. The van der Waals surface area contributed by atoms with Gasteiger partial charge in [-0.3, -0.25) is 0 Å². The lowest BCUT2D eigenvalue weighted by Crippen LogP contribution is -2.12. The third-order valence-corrected chi connectivity index (χ3v) is 1.65. The van der Waals surface area contributed by atoms with Crippen LogP contribution in [-0.2, 0) is 6.67 Å². The Hall–Kier alpha value is -0.740. The standard InChI is InChI=1S/C8H12FN3.ClH/c1-2-7(10)8-11-4-6(3-9)5-12-8;/h4-5,7H,2-3,10H2,1H3;1H/t7-;/m0./s1. The average Bonchev–Trinajstić information content (AvgIpc) is 2.17. The molecule has 3 nitrogen and oxygen atoms in total. The summed E-state index contributed by atoms with van der Waals surface area (Å²) in [7, 11) is 0. The van der Waals surface area contributed by atoms with Gasteiger partial charge in [0.05, 0.1) is 6.04 Å². The first-order valence-corrected chi connectivity index (χ1v) is 3.90. The summed E-state index contributed by atoms with van der Waals surface area (Å²) in [6, 6.07) is -0.140. The predicted molar refractivity (Wildman–Crippen MR) is 51.3 cm³/mol. The van der Waals surface area contributed by atoms with E-state index in [1.165, 1.54) is 12.4 Å². The molecule has 2 N–H and O–H groups in total. The van der Waals surface area contributed by atoms with Crippen LogP contribution in [0.2, 0.25) is 0 Å². The Labute approximate surface area is 83.0 Å². The molecule has 0 radical (unpaired) electrons. The molecule has 74 valence electrons. The first-order valence-electron chi connectivity index (χ1n) is 3.90. The summed E-state index contributed by atoms with van der Waals surface area (Å²) >= 11 is 0. The van der Waals surface area contributed by atoms with Gasteiger partial charge in [-0.25, -0.2) is 14.4 Å². The maximum Gasteiger partial charge on any atom is 0.144 e. The summed E-state index contributed by atoms with van der Waals surface area (Å²) < 4.78 is 12.0. The van der Waals surface area contributed by atoms with Gasteiger partial charge in [0.1, 0.15) is 12.5 Å². The van der Waals surface area contributed by atoms with Crippen LogP contribution < -0.4 is 5.73 Å². The van der Waals surface area contributed by atoms with Crippen LogP contribution in [0.15, 0.2) is 12.4 Å². The topological polar surface area (TPSA) is 51.8 Å². The van der Waals surface area contributed by atoms with Gasteiger partial charge in [0.25, 0.3) is 0 Å². The monoisotopic (exact) mass is 205 g/mol. The van der Waals surface area contributed by atoms with E-state index in [4.69, 9.17) is 5.73 Å². The molecule has 1 aromatic rings. The molecule has 0 aliphatic heterocycles. The van der Waals surface area contributed by atoms with Crippen molar-refractivity contribution in [2.45, 2.75) is 26.1 Å². The van der Waals surface area contributed by atoms with Crippen LogP contribution in [0.5, 0.6) is 0 Å². The Kier molecular flexibility index (Phi) is 5.50. The smallest absolute Gasteiger partial charge is 0.144 e. The molecule has 0 unspecified atom stereocenters. The molecule has 0 bridgehead atoms. The zero-order valence-corrected chi connectivity index (χ0v) is 8.22. The first kappa shape index (κ1) is 12.3. The Morgan fingerprint density at radius 1 is 1.46 bits per heavy atom. The molecule has 0 aliphatic rings. The molecule has 0 spiro atoms. The lowest BCUT2D eigenvalue weighted by Gasteiger charge is -2.05. The minimum Gasteiger partial charge on any atom is -0.321 e. The summed E-state index contributed by atoms with van der Waals surface area (Å²) in [5.41, 5.74) is 6.16. The van der Waals surface area contributed by atoms with Crippen LogP contribution in [0.3, 0.4) is 0 Å². The Balaban J connectivity index is 0.00000144. The normalized spacial score (nSPS) is 11.9. The van der Waals surface area contributed by atoms with E-state index in [-0.39, 0.29) is 18.4 Å². The van der Waals surface area contributed by atoms with Gasteiger partial charge in [-0.1, -0.05) is 6.92 Å². The minimum atomic E-state index is -0.526. The van der Waals surface area contributed by atoms with E-state index in [2.05, 4.69) is 9.97 Å². The molecular weight excluding hydrogens is 193 g/mol. The Morgan fingerprint density at radius 2 is 2.00 bits per heavy atom. The maximum absolute atomic E-state index is 12.0. The van der Waals surface area contributed by atoms with Crippen LogP contribution >= 0.6 is 12.4 Å². The van der Waals surface area contributed by atoms with Crippen molar-refractivity contribution in [3.05, 3.63) is 23.8 Å². The Morgan fingerprint density at radius 3 is 2.38 bits per heavy atom. The summed E-state index contributed by atoms with van der Waals surface area (Å²) in [5.74, 6) is 0.578. The van der Waals surface area contributed by atoms with E-state index < -0.39 is 6.67 Å². The highest BCUT2D eigenvalue weighted by Gasteiger charge is 2.05. The molecule has 1 atom stereocenters. The van der Waals surface area contributed by atoms with Crippen LogP contribution in [0.25, 0.3) is 0 Å². The third kappa shape index (κ3) is 3.24. The van der Waals surface area contributed by atoms with E-state index in [1.807, 2.05) is 6.92 Å². The highest BCUT2D eigenvalue weighted by atomic mass is 35.5. The molecule has 1 rings (SSSR count). The van der Waals surface area contributed by atoms with Crippen molar-refractivity contribution in [1.82, 2.24) is 9.97 Å². The highest BCUT2D eigenvalue weighted by molar-refractivity contribution is 5.85. The summed E-state index contributed by atoms with van der Waals surface area (Å²) in [5, 5.41) is 0. The fraction of sp³-hybridized carbons (Fsp3) is 0.500. The lowest BCUT2D eigenvalue weighted by molar-refractivity contribution is 0.481. The maximum atomic E-state index is 12.0. The van der Waals surface area contributed by atoms with Crippen LogP contribution in [0, 0.1) is 0 Å². The van der Waals surface area contributed by atoms with Crippen molar-refractivity contribution in [3.8, 4) is 0 Å². The van der Waals surface area contributed by atoms with E-state index in [9.17, 15) is 4.39 Å². The molecule has 0 aromatic carbocycles. The first-order chi connectivity index (χ1) is 5.77. The number of halogens is 2. The number of nitrogens with zero attached hydrogens (tertiary/aromatic N) is 2. The van der Waals surface area contributed by atoms with E-state index >= 15 is 0 Å². The van der Waals surface area contributed by atoms with E-state index in [0.29, 0.717) is 11.4 Å². The largest absolute Gasteiger partial charge is 0.321 e. The zero-order valence-electron chi connectivity index (χ0n) is 7.40. The second-order valence-electron chi connectivity index (χ2n) is 2.60. The fourth-order valence-corrected chi connectivity index (χ4v) is 0.808. The van der Waals surface area contributed by atoms with Crippen LogP contribution in [0.4, 0.5) is 4.39 Å². The van der Waals surface area contributed by atoms with Gasteiger partial charge in [0.15, 0.2) is 0 Å². The molecule has 5 heteroatoms. The number of hydrogen-bond acceptors (Lipinski definition) is 3. The van der Waals surface area contributed by atoms with Gasteiger partial charge in [-0.2, -0.15) is 0 Å². The predicted octanol–water partition coefficient (Wildman–Crippen LogP) is 1.78. The van der Waals surface area contributed by atoms with Crippen molar-refractivity contribution in [2.24, 2.45) is 5.73 Å². The van der Waals surface area contributed by atoms with Gasteiger partial charge in [0, 0.05) is 18.0 Å². The van der Waals surface area contributed by atoms with Crippen molar-refractivity contribution in [2.75, 3.05) is 0 Å². The molecular formula is C8H13ClFN3. The minimum absolute atomic E-state index is 0. The molecule has 0 amide bonds. The SMILES string of the molecule is CC[C@H](N)c1ncc(CF)cn1.Cl. The second kappa shape index (κ2) is 5.83. The van der Waals surface area contributed by atoms with Gasteiger partial charge in [-0.15, -0.1) is 12.4 Å². The highest BCUT2D eigenvalue weighted by Crippen LogP contribution is 2.07. The summed E-state index contributed by atoms with van der Waals surface area (Å²) in [6.07, 6.45) is 3.73. The van der Waals surface area contributed by atoms with Crippen molar-refractivity contribution in [1.29, 1.82) is 0 Å². The van der Waals surface area contributed by atoms with Crippen molar-refractivity contribution in [3.63, 3.8) is 0 Å². The van der Waals surface area contributed by atoms with E-state index in [1.54, 1.807) is 0 Å². The Bertz CT molecular complexity index is 240. The molecule has 1 aromatic heterocycles. The molecule has 13 heavy (non-hydrogen) atoms. The van der Waals surface area contributed by atoms with Crippen molar-refractivity contribution >= 4 is 12.4 Å². The molecule has 0 saturated heterocycles. The third-order valence-electron chi connectivity index (χ3n) is 1.65. The molecule has 0 aliphatic carbocycles. The molecule has 1 heterocycles. The van der Waals surface area contributed by atoms with E-state index in [0.717, 1.165) is 6.42 Å². The average molecular weight is 206 g/mol. The van der Waals surface area contributed by atoms with Gasteiger partial charge >= 0.3 is 0 Å². The summed E-state index contributed by atoms with van der Waals surface area (Å²) in [6.45, 7) is 1.43. The fourth-order valence-electron chi connectivity index (χ4n) is 0.808. The number of rotatable bonds is 3. The van der Waals surface area contributed by atoms with Crippen LogP contribution in [0.1, 0.15) is 30.8 Å². The number of alkyl halides is 1. The van der Waals surface area contributed by atoms with Gasteiger partial charge in [-0.05, 0) is 6.42 Å². The molecule has 0 saturated carbocycles. The summed E-state index contributed by atoms with van der Waals surface area (Å²) in [4.78, 5) is 7.89. The number of hydrogen-bond donors (Lipinski definition) is 1. The van der Waals surface area contributed by atoms with Crippen LogP contribution in [-0.4, -0.2) is 9.97 Å². The quantitative estimate of drug-likeness (QED) is 0.819. The second-order valence-corrected chi connectivity index (χ2v) is 2.60.